The predicted octanol–water partition coefficient (Wildman–Crippen LogP) is 6.48. The topological polar surface area (TPSA) is 38.7 Å². The average Bonchev–Trinajstić information content (AvgIpc) is 3.20. The molecule has 0 aromatic heterocycles. The molecule has 1 aliphatic rings. The van der Waals surface area contributed by atoms with E-state index in [1.165, 1.54) is 5.56 Å². The Morgan fingerprint density at radius 2 is 1.56 bits per heavy atom. The van der Waals surface area contributed by atoms with Crippen molar-refractivity contribution < 1.29 is 9.53 Å². The van der Waals surface area contributed by atoms with E-state index in [0.717, 1.165) is 27.3 Å². The highest BCUT2D eigenvalue weighted by Crippen LogP contribution is 2.38. The zero-order valence-electron chi connectivity index (χ0n) is 19.1. The Labute approximate surface area is 194 Å². The fourth-order valence-electron chi connectivity index (χ4n) is 3.81. The van der Waals surface area contributed by atoms with E-state index in [4.69, 9.17) is 9.73 Å². The highest BCUT2D eigenvalue weighted by atomic mass is 32.2. The van der Waals surface area contributed by atoms with Crippen molar-refractivity contribution in [3.63, 3.8) is 0 Å². The number of hydrogen-bond acceptors (Lipinski definition) is 4. The molecular formula is C28H29NO2S. The van der Waals surface area contributed by atoms with Gasteiger partial charge in [-0.25, -0.2) is 4.79 Å². The first-order chi connectivity index (χ1) is 15.3. The van der Waals surface area contributed by atoms with Gasteiger partial charge in [0.15, 0.2) is 5.54 Å². The van der Waals surface area contributed by atoms with E-state index in [1.807, 2.05) is 51.1 Å². The van der Waals surface area contributed by atoms with Crippen molar-refractivity contribution >= 4 is 22.8 Å². The quantitative estimate of drug-likeness (QED) is 0.424. The zero-order chi connectivity index (χ0) is 22.8. The van der Waals surface area contributed by atoms with Crippen LogP contribution in [0, 0.1) is 6.92 Å². The van der Waals surface area contributed by atoms with Gasteiger partial charge in [-0.3, -0.25) is 4.99 Å². The van der Waals surface area contributed by atoms with Crippen molar-refractivity contribution in [1.29, 1.82) is 0 Å². The number of hydrogen-bond donors (Lipinski definition) is 0. The molecule has 0 saturated carbocycles. The molecule has 0 bridgehead atoms. The molecule has 164 valence electrons. The number of nitrogens with zero attached hydrogens (tertiary/aromatic N) is 1. The normalized spacial score (nSPS) is 18.3. The van der Waals surface area contributed by atoms with Gasteiger partial charge in [0.2, 0.25) is 0 Å². The lowest BCUT2D eigenvalue weighted by molar-refractivity contribution is -0.160. The molecule has 32 heavy (non-hydrogen) atoms. The van der Waals surface area contributed by atoms with E-state index in [-0.39, 0.29) is 5.97 Å². The molecule has 0 saturated heterocycles. The highest BCUT2D eigenvalue weighted by Gasteiger charge is 2.46. The number of ether oxygens (including phenoxy) is 1. The van der Waals surface area contributed by atoms with Crippen LogP contribution in [0.25, 0.3) is 11.1 Å². The Morgan fingerprint density at radius 3 is 2.22 bits per heavy atom. The summed E-state index contributed by atoms with van der Waals surface area (Å²) in [4.78, 5) is 18.5. The molecule has 1 atom stereocenters. The van der Waals surface area contributed by atoms with Crippen molar-refractivity contribution in [2.75, 3.05) is 5.75 Å². The molecule has 4 rings (SSSR count). The molecule has 0 fully saturated rings. The number of aliphatic imine (C=N–C) groups is 1. The summed E-state index contributed by atoms with van der Waals surface area (Å²) in [6.07, 6.45) is 0.520. The lowest BCUT2D eigenvalue weighted by Crippen LogP contribution is -2.44. The first kappa shape index (κ1) is 22.3. The number of carbonyl (C=O) groups is 1. The maximum atomic E-state index is 13.4. The number of benzene rings is 3. The molecule has 1 heterocycles. The van der Waals surface area contributed by atoms with Crippen LogP contribution in [0.3, 0.4) is 0 Å². The maximum Gasteiger partial charge on any atom is 0.335 e. The van der Waals surface area contributed by atoms with E-state index in [1.54, 1.807) is 11.8 Å². The van der Waals surface area contributed by atoms with Gasteiger partial charge in [0, 0.05) is 17.7 Å². The number of esters is 1. The van der Waals surface area contributed by atoms with Crippen molar-refractivity contribution in [2.24, 2.45) is 4.99 Å². The third kappa shape index (κ3) is 4.97. The summed E-state index contributed by atoms with van der Waals surface area (Å²) >= 11 is 1.64. The summed E-state index contributed by atoms with van der Waals surface area (Å²) in [5.41, 5.74) is 4.09. The zero-order valence-corrected chi connectivity index (χ0v) is 19.9. The Bertz CT molecular complexity index is 1130. The minimum Gasteiger partial charge on any atom is -0.458 e. The minimum atomic E-state index is -0.938. The van der Waals surface area contributed by atoms with Gasteiger partial charge in [0.25, 0.3) is 0 Å². The van der Waals surface area contributed by atoms with Crippen LogP contribution in [-0.2, 0) is 16.0 Å². The van der Waals surface area contributed by atoms with E-state index < -0.39 is 11.1 Å². The summed E-state index contributed by atoms with van der Waals surface area (Å²) in [6, 6.07) is 26.9. The summed E-state index contributed by atoms with van der Waals surface area (Å²) in [5, 5.41) is 0.891. The summed E-state index contributed by atoms with van der Waals surface area (Å²) in [7, 11) is 0. The number of rotatable bonds is 5. The van der Waals surface area contributed by atoms with Crippen molar-refractivity contribution in [3.8, 4) is 11.1 Å². The monoisotopic (exact) mass is 443 g/mol. The van der Waals surface area contributed by atoms with Crippen molar-refractivity contribution in [3.05, 3.63) is 95.6 Å². The SMILES string of the molecule is Cc1ccc(C[C@]2(C(=O)OC(C)(C)C)CSC(c3ccccc3-c3ccccc3)=N2)cc1. The second-order valence-electron chi connectivity index (χ2n) is 9.31. The third-order valence-corrected chi connectivity index (χ3v) is 6.61. The minimum absolute atomic E-state index is 0.259. The molecule has 0 unspecified atom stereocenters. The van der Waals surface area contributed by atoms with E-state index in [9.17, 15) is 4.79 Å². The summed E-state index contributed by atoms with van der Waals surface area (Å²) in [6.45, 7) is 7.78. The van der Waals surface area contributed by atoms with E-state index in [2.05, 4.69) is 55.5 Å². The van der Waals surface area contributed by atoms with Crippen molar-refractivity contribution in [1.82, 2.24) is 0 Å². The third-order valence-electron chi connectivity index (χ3n) is 5.40. The van der Waals surface area contributed by atoms with Gasteiger partial charge in [0.1, 0.15) is 5.60 Å². The number of carbonyl (C=O) groups excluding carboxylic acids is 1. The first-order valence-corrected chi connectivity index (χ1v) is 11.9. The maximum absolute atomic E-state index is 13.4. The van der Waals surface area contributed by atoms with Gasteiger partial charge in [-0.1, -0.05) is 84.4 Å². The molecule has 0 spiro atoms. The van der Waals surface area contributed by atoms with E-state index in [0.29, 0.717) is 12.2 Å². The van der Waals surface area contributed by atoms with Crippen LogP contribution in [0.4, 0.5) is 0 Å². The lowest BCUT2D eigenvalue weighted by Gasteiger charge is -2.28. The average molecular weight is 444 g/mol. The molecule has 3 aromatic carbocycles. The van der Waals surface area contributed by atoms with Crippen LogP contribution in [-0.4, -0.2) is 27.9 Å². The molecule has 0 aliphatic carbocycles. The highest BCUT2D eigenvalue weighted by molar-refractivity contribution is 8.14. The summed E-state index contributed by atoms with van der Waals surface area (Å²) in [5.74, 6) is 0.305. The van der Waals surface area contributed by atoms with Crippen molar-refractivity contribution in [2.45, 2.75) is 45.3 Å². The fourth-order valence-corrected chi connectivity index (χ4v) is 5.04. The van der Waals surface area contributed by atoms with Crippen LogP contribution in [0.1, 0.15) is 37.5 Å². The molecule has 4 heteroatoms. The van der Waals surface area contributed by atoms with Gasteiger partial charge in [-0.2, -0.15) is 0 Å². The smallest absolute Gasteiger partial charge is 0.335 e. The fraction of sp³-hybridized carbons (Fsp3) is 0.286. The van der Waals surface area contributed by atoms with Gasteiger partial charge in [-0.05, 0) is 44.4 Å². The summed E-state index contributed by atoms with van der Waals surface area (Å²) < 4.78 is 5.86. The van der Waals surface area contributed by atoms with Gasteiger partial charge in [-0.15, -0.1) is 11.8 Å². The predicted molar refractivity (Wildman–Crippen MR) is 134 cm³/mol. The Morgan fingerprint density at radius 1 is 0.938 bits per heavy atom. The molecular weight excluding hydrogens is 414 g/mol. The molecule has 3 aromatic rings. The van der Waals surface area contributed by atoms with Crippen LogP contribution < -0.4 is 0 Å². The van der Waals surface area contributed by atoms with Crippen LogP contribution >= 0.6 is 11.8 Å². The van der Waals surface area contributed by atoms with E-state index >= 15 is 0 Å². The number of aryl methyl sites for hydroxylation is 1. The lowest BCUT2D eigenvalue weighted by atomic mass is 9.92. The molecule has 0 N–H and O–H groups in total. The first-order valence-electron chi connectivity index (χ1n) is 10.9. The molecule has 3 nitrogen and oxygen atoms in total. The van der Waals surface area contributed by atoms with Crippen LogP contribution in [0.15, 0.2) is 83.9 Å². The Hall–Kier alpha value is -2.85. The van der Waals surface area contributed by atoms with Gasteiger partial charge in [0.05, 0.1) is 5.04 Å². The molecule has 0 amide bonds. The second-order valence-corrected chi connectivity index (χ2v) is 10.3. The molecule has 0 radical (unpaired) electrons. The number of thioether (sulfide) groups is 1. The van der Waals surface area contributed by atoms with Crippen LogP contribution in [0.2, 0.25) is 0 Å². The van der Waals surface area contributed by atoms with Gasteiger partial charge >= 0.3 is 5.97 Å². The van der Waals surface area contributed by atoms with Gasteiger partial charge < -0.3 is 4.74 Å². The van der Waals surface area contributed by atoms with Crippen LogP contribution in [0.5, 0.6) is 0 Å². The second kappa shape index (κ2) is 8.95. The standard InChI is InChI=1S/C28H29NO2S/c1-20-14-16-21(17-15-20)18-28(26(30)31-27(2,3)4)19-32-25(29-28)24-13-9-8-12-23(24)22-10-6-5-7-11-22/h5-17H,18-19H2,1-4H3/t28-/m1/s1. The molecule has 1 aliphatic heterocycles. The largest absolute Gasteiger partial charge is 0.458 e. The Kier molecular flexibility index (Phi) is 6.25. The Balaban J connectivity index is 1.76.